The Morgan fingerprint density at radius 2 is 1.93 bits per heavy atom. The highest BCUT2D eigenvalue weighted by Crippen LogP contribution is 2.19. The van der Waals surface area contributed by atoms with E-state index >= 15 is 0 Å². The summed E-state index contributed by atoms with van der Waals surface area (Å²) in [5.74, 6) is 1.01. The summed E-state index contributed by atoms with van der Waals surface area (Å²) < 4.78 is 8.06. The number of rotatable bonds is 6. The normalized spacial score (nSPS) is 13.8. The lowest BCUT2D eigenvalue weighted by atomic mass is 10.3. The van der Waals surface area contributed by atoms with E-state index in [2.05, 4.69) is 20.3 Å². The number of hydrogen-bond donors (Lipinski definition) is 1. The van der Waals surface area contributed by atoms with Crippen LogP contribution in [0.25, 0.3) is 5.65 Å². The smallest absolute Gasteiger partial charge is 0.353 e. The molecule has 3 aromatic rings. The van der Waals surface area contributed by atoms with Crippen molar-refractivity contribution < 1.29 is 9.53 Å². The standard InChI is InChI=1S/C20H24N6O3/c1-3-29-16-8-6-15(7-9-16)22-18(27)13-25-20(28)26-17(23-25)12-14(2)21-19(26)24-10-4-5-11-24/h6-9,12H,3-5,10-11,13H2,1-2H3,(H,22,27). The minimum Gasteiger partial charge on any atom is -0.494 e. The number of aromatic nitrogens is 4. The highest BCUT2D eigenvalue weighted by atomic mass is 16.5. The van der Waals surface area contributed by atoms with Gasteiger partial charge in [-0.05, 0) is 51.0 Å². The van der Waals surface area contributed by atoms with Crippen molar-refractivity contribution in [3.8, 4) is 5.75 Å². The van der Waals surface area contributed by atoms with Crippen LogP contribution in [0.2, 0.25) is 0 Å². The number of amides is 1. The maximum Gasteiger partial charge on any atom is 0.353 e. The number of ether oxygens (including phenoxy) is 1. The maximum atomic E-state index is 12.9. The van der Waals surface area contributed by atoms with Crippen LogP contribution in [-0.4, -0.2) is 44.8 Å². The van der Waals surface area contributed by atoms with Crippen LogP contribution < -0.4 is 20.6 Å². The average Bonchev–Trinajstić information content (AvgIpc) is 3.32. The van der Waals surface area contributed by atoms with E-state index in [1.807, 2.05) is 13.8 Å². The van der Waals surface area contributed by atoms with Crippen LogP contribution in [0.3, 0.4) is 0 Å². The van der Waals surface area contributed by atoms with Crippen LogP contribution in [0.15, 0.2) is 35.1 Å². The molecule has 1 N–H and O–H groups in total. The summed E-state index contributed by atoms with van der Waals surface area (Å²) in [4.78, 5) is 32.0. The molecule has 0 unspecified atom stereocenters. The van der Waals surface area contributed by atoms with Gasteiger partial charge in [-0.2, -0.15) is 0 Å². The van der Waals surface area contributed by atoms with Gasteiger partial charge in [0.1, 0.15) is 12.3 Å². The Kier molecular flexibility index (Phi) is 5.20. The number of carbonyl (C=O) groups is 1. The third kappa shape index (κ3) is 3.94. The van der Waals surface area contributed by atoms with Gasteiger partial charge in [-0.1, -0.05) is 0 Å². The minimum atomic E-state index is -0.365. The molecule has 0 saturated carbocycles. The summed E-state index contributed by atoms with van der Waals surface area (Å²) in [6.07, 6.45) is 2.15. The van der Waals surface area contributed by atoms with Gasteiger partial charge in [0.25, 0.3) is 0 Å². The van der Waals surface area contributed by atoms with Gasteiger partial charge in [-0.15, -0.1) is 5.10 Å². The maximum absolute atomic E-state index is 12.9. The fourth-order valence-corrected chi connectivity index (χ4v) is 3.50. The minimum absolute atomic E-state index is 0.174. The Hall–Kier alpha value is -3.36. The van der Waals surface area contributed by atoms with Gasteiger partial charge >= 0.3 is 5.69 Å². The van der Waals surface area contributed by atoms with Crippen molar-refractivity contribution in [1.29, 1.82) is 0 Å². The Balaban J connectivity index is 1.56. The molecule has 2 aromatic heterocycles. The number of fused-ring (bicyclic) bond motifs is 1. The van der Waals surface area contributed by atoms with Gasteiger partial charge in [-0.25, -0.2) is 18.9 Å². The molecule has 4 rings (SSSR count). The average molecular weight is 396 g/mol. The lowest BCUT2D eigenvalue weighted by molar-refractivity contribution is -0.117. The van der Waals surface area contributed by atoms with E-state index in [0.29, 0.717) is 23.9 Å². The van der Waals surface area contributed by atoms with Crippen molar-refractivity contribution in [3.05, 3.63) is 46.5 Å². The van der Waals surface area contributed by atoms with Crippen LogP contribution in [-0.2, 0) is 11.3 Å². The van der Waals surface area contributed by atoms with E-state index < -0.39 is 0 Å². The van der Waals surface area contributed by atoms with Crippen LogP contribution >= 0.6 is 0 Å². The zero-order valence-electron chi connectivity index (χ0n) is 16.6. The number of nitrogens with one attached hydrogen (secondary N) is 1. The fourth-order valence-electron chi connectivity index (χ4n) is 3.50. The molecule has 1 aliphatic heterocycles. The third-order valence-electron chi connectivity index (χ3n) is 4.81. The first kappa shape index (κ1) is 19.0. The molecule has 0 bridgehead atoms. The molecule has 1 amide bonds. The second-order valence-corrected chi connectivity index (χ2v) is 7.03. The van der Waals surface area contributed by atoms with Gasteiger partial charge in [0, 0.05) is 30.5 Å². The second-order valence-electron chi connectivity index (χ2n) is 7.03. The van der Waals surface area contributed by atoms with E-state index in [-0.39, 0.29) is 18.1 Å². The van der Waals surface area contributed by atoms with Crippen LogP contribution in [0.5, 0.6) is 5.75 Å². The molecule has 0 atom stereocenters. The predicted octanol–water partition coefficient (Wildman–Crippen LogP) is 1.84. The van der Waals surface area contributed by atoms with Crippen LogP contribution in [0, 0.1) is 6.92 Å². The predicted molar refractivity (Wildman–Crippen MR) is 110 cm³/mol. The Morgan fingerprint density at radius 3 is 2.62 bits per heavy atom. The van der Waals surface area contributed by atoms with E-state index in [0.717, 1.165) is 37.4 Å². The van der Waals surface area contributed by atoms with Crippen molar-refractivity contribution in [2.24, 2.45) is 0 Å². The van der Waals surface area contributed by atoms with Crippen LogP contribution in [0.4, 0.5) is 11.6 Å². The molecular weight excluding hydrogens is 372 g/mol. The van der Waals surface area contributed by atoms with E-state index in [1.165, 1.54) is 9.08 Å². The topological polar surface area (TPSA) is 93.8 Å². The van der Waals surface area contributed by atoms with Crippen molar-refractivity contribution in [1.82, 2.24) is 19.2 Å². The summed E-state index contributed by atoms with van der Waals surface area (Å²) in [7, 11) is 0. The molecule has 0 aliphatic carbocycles. The molecule has 29 heavy (non-hydrogen) atoms. The van der Waals surface area contributed by atoms with E-state index in [9.17, 15) is 9.59 Å². The summed E-state index contributed by atoms with van der Waals surface area (Å²) in [5, 5.41) is 7.13. The Morgan fingerprint density at radius 1 is 1.21 bits per heavy atom. The monoisotopic (exact) mass is 396 g/mol. The van der Waals surface area contributed by atoms with Crippen molar-refractivity contribution in [3.63, 3.8) is 0 Å². The van der Waals surface area contributed by atoms with Crippen molar-refractivity contribution >= 4 is 23.2 Å². The van der Waals surface area contributed by atoms with E-state index in [4.69, 9.17) is 4.74 Å². The molecule has 1 saturated heterocycles. The quantitative estimate of drug-likeness (QED) is 0.683. The van der Waals surface area contributed by atoms with Crippen molar-refractivity contribution in [2.75, 3.05) is 29.9 Å². The molecule has 1 fully saturated rings. The lowest BCUT2D eigenvalue weighted by Crippen LogP contribution is -2.31. The number of carbonyl (C=O) groups excluding carboxylic acids is 1. The second kappa shape index (κ2) is 7.94. The molecule has 0 spiro atoms. The highest BCUT2D eigenvalue weighted by molar-refractivity contribution is 5.90. The van der Waals surface area contributed by atoms with Crippen LogP contribution in [0.1, 0.15) is 25.5 Å². The number of anilines is 2. The molecule has 9 nitrogen and oxygen atoms in total. The molecule has 1 aliphatic rings. The van der Waals surface area contributed by atoms with Gasteiger partial charge in [0.15, 0.2) is 5.65 Å². The summed E-state index contributed by atoms with van der Waals surface area (Å²) in [6, 6.07) is 8.84. The third-order valence-corrected chi connectivity index (χ3v) is 4.81. The number of benzene rings is 1. The van der Waals surface area contributed by atoms with Gasteiger partial charge in [0.2, 0.25) is 11.9 Å². The summed E-state index contributed by atoms with van der Waals surface area (Å²) in [6.45, 7) is 5.92. The summed E-state index contributed by atoms with van der Waals surface area (Å²) in [5.41, 5.74) is 1.55. The van der Waals surface area contributed by atoms with Gasteiger partial charge in [0.05, 0.1) is 6.61 Å². The Bertz CT molecular complexity index is 1080. The number of nitrogens with zero attached hydrogens (tertiary/aromatic N) is 5. The zero-order chi connectivity index (χ0) is 20.4. The molecular formula is C20H24N6O3. The zero-order valence-corrected chi connectivity index (χ0v) is 16.6. The highest BCUT2D eigenvalue weighted by Gasteiger charge is 2.21. The molecule has 9 heteroatoms. The first-order valence-corrected chi connectivity index (χ1v) is 9.80. The van der Waals surface area contributed by atoms with E-state index in [1.54, 1.807) is 30.3 Å². The number of aryl methyl sites for hydroxylation is 1. The molecule has 0 radical (unpaired) electrons. The van der Waals surface area contributed by atoms with Crippen molar-refractivity contribution in [2.45, 2.75) is 33.2 Å². The van der Waals surface area contributed by atoms with Gasteiger partial charge < -0.3 is 15.0 Å². The number of hydrogen-bond acceptors (Lipinski definition) is 6. The fraction of sp³-hybridized carbons (Fsp3) is 0.400. The molecule has 3 heterocycles. The summed E-state index contributed by atoms with van der Waals surface area (Å²) >= 11 is 0. The lowest BCUT2D eigenvalue weighted by Gasteiger charge is -2.17. The SMILES string of the molecule is CCOc1ccc(NC(=O)Cn2nc3cc(C)nc(N4CCCC4)n3c2=O)cc1. The Labute approximate surface area is 167 Å². The van der Waals surface area contributed by atoms with Gasteiger partial charge in [-0.3, -0.25) is 4.79 Å². The first-order valence-electron chi connectivity index (χ1n) is 9.80. The first-order chi connectivity index (χ1) is 14.0. The largest absolute Gasteiger partial charge is 0.494 e. The molecule has 152 valence electrons. The molecule has 1 aromatic carbocycles.